The summed E-state index contributed by atoms with van der Waals surface area (Å²) in [6, 6.07) is 14.7. The molecule has 160 valence electrons. The first-order valence-corrected chi connectivity index (χ1v) is 10.3. The van der Waals surface area contributed by atoms with Crippen molar-refractivity contribution in [3.8, 4) is 17.2 Å². The fourth-order valence-corrected chi connectivity index (χ4v) is 3.55. The molecule has 0 unspecified atom stereocenters. The van der Waals surface area contributed by atoms with Crippen LogP contribution in [0.5, 0.6) is 17.2 Å². The Kier molecular flexibility index (Phi) is 7.68. The van der Waals surface area contributed by atoms with Gasteiger partial charge < -0.3 is 24.4 Å². The molecule has 2 aromatic carbocycles. The van der Waals surface area contributed by atoms with Crippen LogP contribution in [0.2, 0.25) is 0 Å². The summed E-state index contributed by atoms with van der Waals surface area (Å²) in [7, 11) is 1.42. The number of nitrogens with one attached hydrogen (secondary N) is 2. The third-order valence-electron chi connectivity index (χ3n) is 5.15. The van der Waals surface area contributed by atoms with Crippen LogP contribution in [0.4, 0.5) is 5.69 Å². The van der Waals surface area contributed by atoms with E-state index in [1.165, 1.54) is 12.0 Å². The normalized spacial score (nSPS) is 18.3. The highest BCUT2D eigenvalue weighted by atomic mass is 16.5. The molecule has 0 radical (unpaired) electrons. The second kappa shape index (κ2) is 10.6. The first kappa shape index (κ1) is 21.6. The molecule has 1 aliphatic rings. The summed E-state index contributed by atoms with van der Waals surface area (Å²) in [5.74, 6) is 1.99. The van der Waals surface area contributed by atoms with Crippen LogP contribution in [0.3, 0.4) is 0 Å². The van der Waals surface area contributed by atoms with Gasteiger partial charge in [-0.15, -0.1) is 0 Å². The van der Waals surface area contributed by atoms with Crippen LogP contribution in [0.25, 0.3) is 0 Å². The summed E-state index contributed by atoms with van der Waals surface area (Å²) in [5.41, 5.74) is 0.725. The van der Waals surface area contributed by atoms with Crippen LogP contribution in [-0.4, -0.2) is 45.2 Å². The fraction of sp³-hybridized carbons (Fsp3) is 0.391. The van der Waals surface area contributed by atoms with E-state index in [1.807, 2.05) is 55.5 Å². The van der Waals surface area contributed by atoms with Crippen LogP contribution in [-0.2, 0) is 14.3 Å². The number of likely N-dealkylation sites (tertiary alicyclic amines) is 1. The molecular weight excluding hydrogens is 384 g/mol. The lowest BCUT2D eigenvalue weighted by Crippen LogP contribution is -3.14. The number of quaternary nitrogens is 1. The second-order valence-electron chi connectivity index (χ2n) is 7.30. The first-order valence-electron chi connectivity index (χ1n) is 10.3. The van der Waals surface area contributed by atoms with Crippen molar-refractivity contribution in [2.75, 3.05) is 38.7 Å². The smallest absolute Gasteiger partial charge is 0.309 e. The number of benzene rings is 2. The molecule has 0 bridgehead atoms. The Labute approximate surface area is 176 Å². The second-order valence-corrected chi connectivity index (χ2v) is 7.30. The maximum Gasteiger partial charge on any atom is 0.309 e. The Morgan fingerprint density at radius 3 is 2.10 bits per heavy atom. The van der Waals surface area contributed by atoms with Gasteiger partial charge in [-0.3, -0.25) is 9.59 Å². The van der Waals surface area contributed by atoms with Crippen molar-refractivity contribution in [3.63, 3.8) is 0 Å². The van der Waals surface area contributed by atoms with Gasteiger partial charge in [0, 0.05) is 18.5 Å². The summed E-state index contributed by atoms with van der Waals surface area (Å²) in [6.45, 7) is 4.54. The van der Waals surface area contributed by atoms with Crippen LogP contribution in [0.1, 0.15) is 19.8 Å². The summed E-state index contributed by atoms with van der Waals surface area (Å²) in [6.07, 6.45) is 1.51. The standard InChI is InChI=1S/C23H28N2O5/c1-3-29-19-8-10-21(11-9-19)30-20-6-4-18(5-7-20)24-22(26)16-25-14-12-17(13-15-25)23(27)28-2/h4-11,17H,3,12-16H2,1-2H3,(H,24,26)/p+1. The summed E-state index contributed by atoms with van der Waals surface area (Å²) >= 11 is 0. The number of piperidine rings is 1. The molecule has 1 saturated heterocycles. The van der Waals surface area contributed by atoms with Gasteiger partial charge in [0.15, 0.2) is 6.54 Å². The van der Waals surface area contributed by atoms with E-state index >= 15 is 0 Å². The molecule has 30 heavy (non-hydrogen) atoms. The molecule has 1 amide bonds. The maximum absolute atomic E-state index is 12.3. The first-order chi connectivity index (χ1) is 14.6. The van der Waals surface area contributed by atoms with Gasteiger partial charge in [0.1, 0.15) is 17.2 Å². The van der Waals surface area contributed by atoms with E-state index in [2.05, 4.69) is 5.32 Å². The minimum absolute atomic E-state index is 0.0373. The molecule has 0 saturated carbocycles. The number of hydrogen-bond acceptors (Lipinski definition) is 5. The van der Waals surface area contributed by atoms with Crippen molar-refractivity contribution in [2.45, 2.75) is 19.8 Å². The predicted octanol–water partition coefficient (Wildman–Crippen LogP) is 2.28. The molecule has 7 heteroatoms. The topological polar surface area (TPSA) is 78.3 Å². The number of rotatable bonds is 8. The predicted molar refractivity (Wildman–Crippen MR) is 113 cm³/mol. The molecule has 2 aromatic rings. The highest BCUT2D eigenvalue weighted by Crippen LogP contribution is 2.25. The van der Waals surface area contributed by atoms with Gasteiger partial charge in [-0.1, -0.05) is 0 Å². The van der Waals surface area contributed by atoms with Crippen molar-refractivity contribution >= 4 is 17.6 Å². The van der Waals surface area contributed by atoms with Gasteiger partial charge in [-0.25, -0.2) is 0 Å². The molecular formula is C23H29N2O5+. The zero-order valence-electron chi connectivity index (χ0n) is 17.5. The van der Waals surface area contributed by atoms with Crippen LogP contribution in [0, 0.1) is 5.92 Å². The monoisotopic (exact) mass is 413 g/mol. The molecule has 7 nitrogen and oxygen atoms in total. The van der Waals surface area contributed by atoms with Gasteiger partial charge in [0.2, 0.25) is 0 Å². The van der Waals surface area contributed by atoms with E-state index in [4.69, 9.17) is 14.2 Å². The molecule has 1 heterocycles. The lowest BCUT2D eigenvalue weighted by molar-refractivity contribution is -0.897. The number of carbonyl (C=O) groups excluding carboxylic acids is 2. The highest BCUT2D eigenvalue weighted by Gasteiger charge is 2.29. The van der Waals surface area contributed by atoms with Gasteiger partial charge in [0.05, 0.1) is 32.7 Å². The van der Waals surface area contributed by atoms with E-state index in [-0.39, 0.29) is 17.8 Å². The highest BCUT2D eigenvalue weighted by molar-refractivity contribution is 5.91. The number of amides is 1. The van der Waals surface area contributed by atoms with Crippen molar-refractivity contribution in [1.82, 2.24) is 0 Å². The molecule has 0 aliphatic carbocycles. The van der Waals surface area contributed by atoms with E-state index in [1.54, 1.807) is 0 Å². The van der Waals surface area contributed by atoms with Crippen molar-refractivity contribution in [2.24, 2.45) is 5.92 Å². The Balaban J connectivity index is 1.45. The van der Waals surface area contributed by atoms with Crippen LogP contribution < -0.4 is 19.7 Å². The number of methoxy groups -OCH3 is 1. The van der Waals surface area contributed by atoms with E-state index in [0.29, 0.717) is 24.7 Å². The molecule has 1 aliphatic heterocycles. The third-order valence-corrected chi connectivity index (χ3v) is 5.15. The molecule has 0 aromatic heterocycles. The third kappa shape index (κ3) is 6.22. The van der Waals surface area contributed by atoms with Crippen molar-refractivity contribution in [3.05, 3.63) is 48.5 Å². The SMILES string of the molecule is CCOc1ccc(Oc2ccc(NC(=O)C[NH+]3CCC(C(=O)OC)CC3)cc2)cc1. The average Bonchev–Trinajstić information content (AvgIpc) is 2.76. The van der Waals surface area contributed by atoms with Gasteiger partial charge in [0.25, 0.3) is 5.91 Å². The number of carbonyl (C=O) groups is 2. The Morgan fingerprint density at radius 2 is 1.53 bits per heavy atom. The zero-order chi connectivity index (χ0) is 21.3. The summed E-state index contributed by atoms with van der Waals surface area (Å²) in [5, 5.41) is 2.92. The van der Waals surface area contributed by atoms with E-state index in [9.17, 15) is 9.59 Å². The van der Waals surface area contributed by atoms with Crippen LogP contribution >= 0.6 is 0 Å². The summed E-state index contributed by atoms with van der Waals surface area (Å²) in [4.78, 5) is 25.1. The minimum Gasteiger partial charge on any atom is -0.494 e. The maximum atomic E-state index is 12.3. The Bertz CT molecular complexity index is 828. The van der Waals surface area contributed by atoms with Gasteiger partial charge in [-0.2, -0.15) is 0 Å². The van der Waals surface area contributed by atoms with Crippen molar-refractivity contribution < 1.29 is 28.7 Å². The largest absolute Gasteiger partial charge is 0.494 e. The molecule has 3 rings (SSSR count). The average molecular weight is 413 g/mol. The number of ether oxygens (including phenoxy) is 3. The van der Waals surface area contributed by atoms with E-state index in [0.717, 1.165) is 37.4 Å². The Morgan fingerprint density at radius 1 is 0.967 bits per heavy atom. The molecule has 2 N–H and O–H groups in total. The fourth-order valence-electron chi connectivity index (χ4n) is 3.55. The van der Waals surface area contributed by atoms with Gasteiger partial charge >= 0.3 is 5.97 Å². The quantitative estimate of drug-likeness (QED) is 0.650. The van der Waals surface area contributed by atoms with Crippen molar-refractivity contribution in [1.29, 1.82) is 0 Å². The number of hydrogen-bond donors (Lipinski definition) is 2. The zero-order valence-corrected chi connectivity index (χ0v) is 17.5. The summed E-state index contributed by atoms with van der Waals surface area (Å²) < 4.78 is 16.0. The van der Waals surface area contributed by atoms with Crippen LogP contribution in [0.15, 0.2) is 48.5 Å². The lowest BCUT2D eigenvalue weighted by atomic mass is 9.97. The molecule has 0 spiro atoms. The minimum atomic E-state index is -0.147. The molecule has 0 atom stereocenters. The van der Waals surface area contributed by atoms with E-state index < -0.39 is 0 Å². The lowest BCUT2D eigenvalue weighted by Gasteiger charge is -2.27. The number of anilines is 1. The molecule has 1 fully saturated rings. The number of esters is 1. The van der Waals surface area contributed by atoms with Gasteiger partial charge in [-0.05, 0) is 55.5 Å². The Hall–Kier alpha value is -3.06.